The number of hydrogen-bond acceptors (Lipinski definition) is 12. The van der Waals surface area contributed by atoms with Crippen LogP contribution in [0.2, 0.25) is 10.0 Å². The molecular formula is C58H82Cl2N10O8S2. The zero-order valence-electron chi connectivity index (χ0n) is 47.3. The fourth-order valence-electron chi connectivity index (χ4n) is 11.6. The minimum atomic E-state index is -3.78. The van der Waals surface area contributed by atoms with Gasteiger partial charge in [-0.15, -0.1) is 0 Å². The Kier molecular flexibility index (Phi) is 21.8. The molecule has 438 valence electrons. The van der Waals surface area contributed by atoms with Crippen LogP contribution in [0.4, 0.5) is 9.59 Å². The Labute approximate surface area is 484 Å². The third-order valence-electron chi connectivity index (χ3n) is 15.9. The molecule has 0 aliphatic carbocycles. The highest BCUT2D eigenvalue weighted by Crippen LogP contribution is 2.39. The van der Waals surface area contributed by atoms with Gasteiger partial charge in [0.2, 0.25) is 20.0 Å². The SMILES string of the molecule is Cc1ccc(C2CN(C)Cc3c(C)cc(Cl)cc32)cc1S(=O)(=O)N[C@@H]1CCN(CCOCCNC(=O)NCCCCNC(=O)NCCOCCN2CC[C@@H](NS(=O)(=O)c3cc(C4CN(C)Cc5c(C)cc(Cl)cc54)ccc3C)C2)C1. The van der Waals surface area contributed by atoms with E-state index < -0.39 is 20.0 Å². The number of likely N-dealkylation sites (N-methyl/N-ethyl adjacent to an activating group) is 2. The number of halogens is 2. The second kappa shape index (κ2) is 28.2. The molecule has 2 unspecified atom stereocenters. The summed E-state index contributed by atoms with van der Waals surface area (Å²) < 4.78 is 72.8. The molecule has 22 heteroatoms. The number of benzene rings is 4. The summed E-state index contributed by atoms with van der Waals surface area (Å²) in [6.45, 7) is 18.2. The minimum Gasteiger partial charge on any atom is -0.378 e. The monoisotopic (exact) mass is 1180 g/mol. The van der Waals surface area contributed by atoms with E-state index in [0.29, 0.717) is 135 Å². The lowest BCUT2D eigenvalue weighted by Crippen LogP contribution is -2.39. The van der Waals surface area contributed by atoms with Gasteiger partial charge in [0.05, 0.1) is 36.2 Å². The molecule has 2 fully saturated rings. The average molecular weight is 1180 g/mol. The lowest BCUT2D eigenvalue weighted by Gasteiger charge is -2.34. The number of unbranched alkanes of at least 4 members (excludes halogenated alkanes) is 1. The molecule has 8 rings (SSSR count). The average Bonchev–Trinajstić information content (AvgIpc) is 4.15. The molecule has 4 aliphatic heterocycles. The molecule has 0 aromatic heterocycles. The van der Waals surface area contributed by atoms with Gasteiger partial charge < -0.3 is 40.5 Å². The van der Waals surface area contributed by atoms with Gasteiger partial charge in [0.1, 0.15) is 0 Å². The van der Waals surface area contributed by atoms with Gasteiger partial charge in [-0.25, -0.2) is 35.9 Å². The Bertz CT molecular complexity index is 2840. The van der Waals surface area contributed by atoms with Crippen molar-refractivity contribution in [2.45, 2.75) is 100 Å². The lowest BCUT2D eigenvalue weighted by molar-refractivity contribution is 0.113. The number of nitrogens with one attached hydrogen (secondary N) is 6. The standard InChI is InChI=1S/C58H82Cl2N10O8S2/c1-39-9-11-43(53-37-67(5)35-51-41(3)27-45(59)31-49(51)53)29-55(39)79(73,74)65-47-13-19-69(33-47)21-25-77-23-17-63-57(71)61-15-7-8-16-62-58(72)64-18-24-78-26-22-70-20-14-48(34-70)66-80(75,76)56-30-44(12-10-40(56)2)54-38-68(6)36-52-42(4)28-46(60)32-50(52)54/h9-12,27-32,47-48,53-54,65-66H,7-8,13-26,33-38H2,1-6H3,(H2,61,63,71)(H2,62,64,72)/t47-,48-,53?,54?/m1/s1. The van der Waals surface area contributed by atoms with Crippen LogP contribution in [-0.2, 0) is 42.6 Å². The van der Waals surface area contributed by atoms with Gasteiger partial charge in [0.25, 0.3) is 0 Å². The highest BCUT2D eigenvalue weighted by atomic mass is 35.5. The molecule has 4 atom stereocenters. The number of fused-ring (bicyclic) bond motifs is 2. The number of nitrogens with zero attached hydrogens (tertiary/aromatic N) is 4. The van der Waals surface area contributed by atoms with Crippen molar-refractivity contribution in [1.82, 2.24) is 50.3 Å². The first kappa shape index (κ1) is 61.6. The number of likely N-dealkylation sites (tertiary alicyclic amines) is 2. The quantitative estimate of drug-likeness (QED) is 0.0411. The third-order valence-corrected chi connectivity index (χ3v) is 19.6. The summed E-state index contributed by atoms with van der Waals surface area (Å²) in [5.74, 6) is 0.00782. The van der Waals surface area contributed by atoms with Gasteiger partial charge >= 0.3 is 12.1 Å². The zero-order valence-corrected chi connectivity index (χ0v) is 50.4. The van der Waals surface area contributed by atoms with E-state index in [0.717, 1.165) is 72.6 Å². The fourth-order valence-corrected chi connectivity index (χ4v) is 15.3. The number of carbonyl (C=O) groups is 2. The maximum absolute atomic E-state index is 13.8. The molecule has 4 heterocycles. The van der Waals surface area contributed by atoms with E-state index in [9.17, 15) is 26.4 Å². The number of urea groups is 2. The van der Waals surface area contributed by atoms with Crippen molar-refractivity contribution in [3.05, 3.63) is 126 Å². The molecule has 4 aliphatic rings. The van der Waals surface area contributed by atoms with Crippen LogP contribution in [0.15, 0.2) is 70.5 Å². The van der Waals surface area contributed by atoms with Crippen LogP contribution in [0.1, 0.15) is 93.2 Å². The van der Waals surface area contributed by atoms with Crippen LogP contribution in [0.3, 0.4) is 0 Å². The smallest absolute Gasteiger partial charge is 0.314 e. The first-order valence-electron chi connectivity index (χ1n) is 28.1. The molecule has 18 nitrogen and oxygen atoms in total. The summed E-state index contributed by atoms with van der Waals surface area (Å²) >= 11 is 13.0. The topological polar surface area (TPSA) is 206 Å². The molecular weight excluding hydrogens is 1100 g/mol. The number of amides is 4. The van der Waals surface area contributed by atoms with Crippen molar-refractivity contribution < 1.29 is 35.9 Å². The third kappa shape index (κ3) is 16.6. The predicted molar refractivity (Wildman–Crippen MR) is 315 cm³/mol. The predicted octanol–water partition coefficient (Wildman–Crippen LogP) is 6.20. The highest BCUT2D eigenvalue weighted by Gasteiger charge is 2.33. The normalized spacial score (nSPS) is 20.1. The summed E-state index contributed by atoms with van der Waals surface area (Å²) in [4.78, 5) is 34.1. The van der Waals surface area contributed by atoms with Crippen LogP contribution in [0.25, 0.3) is 0 Å². The van der Waals surface area contributed by atoms with Crippen molar-refractivity contribution in [3.8, 4) is 0 Å². The molecule has 4 amide bonds. The second-order valence-electron chi connectivity index (χ2n) is 22.2. The lowest BCUT2D eigenvalue weighted by atomic mass is 9.83. The number of rotatable bonds is 25. The minimum absolute atomic E-state index is 0.00391. The molecule has 0 saturated carbocycles. The van der Waals surface area contributed by atoms with E-state index in [4.69, 9.17) is 32.7 Å². The van der Waals surface area contributed by atoms with E-state index in [2.05, 4.69) is 78.3 Å². The summed E-state index contributed by atoms with van der Waals surface area (Å²) in [6, 6.07) is 18.5. The molecule has 6 N–H and O–H groups in total. The number of aryl methyl sites for hydroxylation is 4. The van der Waals surface area contributed by atoms with Gasteiger partial charge in [0, 0.05) is 113 Å². The molecule has 4 aromatic carbocycles. The Morgan fingerprint density at radius 3 is 1.35 bits per heavy atom. The number of ether oxygens (including phenoxy) is 2. The highest BCUT2D eigenvalue weighted by molar-refractivity contribution is 7.89. The Morgan fingerprint density at radius 1 is 0.537 bits per heavy atom. The maximum Gasteiger partial charge on any atom is 0.314 e. The van der Waals surface area contributed by atoms with Gasteiger partial charge in [-0.2, -0.15) is 0 Å². The Morgan fingerprint density at radius 2 is 0.938 bits per heavy atom. The first-order valence-corrected chi connectivity index (χ1v) is 31.8. The summed E-state index contributed by atoms with van der Waals surface area (Å²) in [5.41, 5.74) is 10.4. The van der Waals surface area contributed by atoms with Crippen molar-refractivity contribution in [2.24, 2.45) is 0 Å². The van der Waals surface area contributed by atoms with E-state index >= 15 is 0 Å². The van der Waals surface area contributed by atoms with Crippen molar-refractivity contribution >= 4 is 55.3 Å². The molecule has 4 aromatic rings. The number of hydrogen-bond donors (Lipinski definition) is 6. The molecule has 2 saturated heterocycles. The van der Waals surface area contributed by atoms with E-state index in [1.54, 1.807) is 0 Å². The van der Waals surface area contributed by atoms with Gasteiger partial charge in [-0.1, -0.05) is 47.5 Å². The molecule has 80 heavy (non-hydrogen) atoms. The van der Waals surface area contributed by atoms with Crippen molar-refractivity contribution in [1.29, 1.82) is 0 Å². The largest absolute Gasteiger partial charge is 0.378 e. The summed E-state index contributed by atoms with van der Waals surface area (Å²) in [5, 5.41) is 12.6. The molecule has 0 spiro atoms. The van der Waals surface area contributed by atoms with Crippen LogP contribution in [-0.4, -0.2) is 180 Å². The first-order chi connectivity index (χ1) is 38.2. The van der Waals surface area contributed by atoms with Crippen molar-refractivity contribution in [3.63, 3.8) is 0 Å². The van der Waals surface area contributed by atoms with Gasteiger partial charge in [-0.3, -0.25) is 9.80 Å². The second-order valence-corrected chi connectivity index (χ2v) is 26.5. The number of sulfonamides is 2. The van der Waals surface area contributed by atoms with E-state index in [1.165, 1.54) is 11.1 Å². The van der Waals surface area contributed by atoms with Crippen LogP contribution >= 0.6 is 23.2 Å². The molecule has 0 bridgehead atoms. The van der Waals surface area contributed by atoms with E-state index in [-0.39, 0.29) is 36.0 Å². The Balaban J connectivity index is 0.620. The van der Waals surface area contributed by atoms with Crippen LogP contribution in [0.5, 0.6) is 0 Å². The van der Waals surface area contributed by atoms with Gasteiger partial charge in [0.15, 0.2) is 0 Å². The van der Waals surface area contributed by atoms with E-state index in [1.807, 2.05) is 74.5 Å². The van der Waals surface area contributed by atoms with Gasteiger partial charge in [-0.05, 0) is 173 Å². The van der Waals surface area contributed by atoms with Crippen LogP contribution < -0.4 is 30.7 Å². The fraction of sp³-hybridized carbons (Fsp3) is 0.552. The summed E-state index contributed by atoms with van der Waals surface area (Å²) in [7, 11) is -3.38. The maximum atomic E-state index is 13.8. The Hall–Kier alpha value is -4.42. The molecule has 0 radical (unpaired) electrons. The van der Waals surface area contributed by atoms with Crippen LogP contribution in [0, 0.1) is 27.7 Å². The van der Waals surface area contributed by atoms with Crippen molar-refractivity contribution in [2.75, 3.05) is 119 Å². The summed E-state index contributed by atoms with van der Waals surface area (Å²) in [6.07, 6.45) is 2.77. The number of carbonyl (C=O) groups excluding carboxylic acids is 2. The zero-order chi connectivity index (χ0) is 57.1.